The summed E-state index contributed by atoms with van der Waals surface area (Å²) in [6.45, 7) is 4.13. The van der Waals surface area contributed by atoms with Gasteiger partial charge in [0, 0.05) is 13.0 Å². The predicted molar refractivity (Wildman–Crippen MR) is 59.8 cm³/mol. The fourth-order valence-corrected chi connectivity index (χ4v) is 1.76. The average Bonchev–Trinajstić information content (AvgIpc) is 2.69. The highest BCUT2D eigenvalue weighted by Gasteiger charge is 2.05. The smallest absolute Gasteiger partial charge is 0.0967 e. The molecule has 2 heteroatoms. The molecule has 74 valence electrons. The molecule has 1 aromatic carbocycles. The lowest BCUT2D eigenvalue weighted by Crippen LogP contribution is -2.18. The first kappa shape index (κ1) is 9.25. The van der Waals surface area contributed by atoms with Crippen LogP contribution in [0.3, 0.4) is 0 Å². The van der Waals surface area contributed by atoms with Crippen LogP contribution >= 0.6 is 0 Å². The van der Waals surface area contributed by atoms with E-state index in [2.05, 4.69) is 41.5 Å². The van der Waals surface area contributed by atoms with Crippen LogP contribution < -0.4 is 5.32 Å². The molecule has 1 heterocycles. The molecule has 2 rings (SSSR count). The molecule has 1 N–H and O–H groups in total. The van der Waals surface area contributed by atoms with Crippen LogP contribution in [0.1, 0.15) is 17.5 Å². The largest absolute Gasteiger partial charge is 0.372 e. The number of amidine groups is 1. The lowest BCUT2D eigenvalue weighted by atomic mass is 9.94. The zero-order valence-electron chi connectivity index (χ0n) is 8.59. The minimum absolute atomic E-state index is 0.948. The van der Waals surface area contributed by atoms with Gasteiger partial charge in [-0.3, -0.25) is 4.99 Å². The number of hydrogen-bond acceptors (Lipinski definition) is 2. The van der Waals surface area contributed by atoms with Crippen LogP contribution in [0.5, 0.6) is 0 Å². The lowest BCUT2D eigenvalue weighted by molar-refractivity contribution is 0.931. The zero-order valence-corrected chi connectivity index (χ0v) is 8.59. The van der Waals surface area contributed by atoms with E-state index in [0.29, 0.717) is 0 Å². The summed E-state index contributed by atoms with van der Waals surface area (Å²) >= 11 is 0. The molecule has 0 radical (unpaired) electrons. The van der Waals surface area contributed by atoms with Crippen LogP contribution in [0.4, 0.5) is 0 Å². The minimum atomic E-state index is 0.948. The van der Waals surface area contributed by atoms with Crippen LogP contribution in [-0.2, 0) is 6.42 Å². The maximum atomic E-state index is 4.39. The van der Waals surface area contributed by atoms with Gasteiger partial charge in [0.1, 0.15) is 0 Å². The molecular weight excluding hydrogens is 171 g/mol. The van der Waals surface area contributed by atoms with Crippen molar-refractivity contribution in [3.05, 3.63) is 35.4 Å². The number of hydrogen-bond donors (Lipinski definition) is 1. The van der Waals surface area contributed by atoms with Crippen LogP contribution in [-0.4, -0.2) is 18.9 Å². The van der Waals surface area contributed by atoms with Gasteiger partial charge in [0.25, 0.3) is 0 Å². The van der Waals surface area contributed by atoms with Gasteiger partial charge < -0.3 is 5.32 Å². The van der Waals surface area contributed by atoms with Crippen molar-refractivity contribution in [3.63, 3.8) is 0 Å². The van der Waals surface area contributed by atoms with Gasteiger partial charge in [-0.25, -0.2) is 0 Å². The molecule has 0 spiro atoms. The third-order valence-corrected chi connectivity index (χ3v) is 2.64. The molecule has 1 aliphatic heterocycles. The highest BCUT2D eigenvalue weighted by Crippen LogP contribution is 2.10. The van der Waals surface area contributed by atoms with Crippen molar-refractivity contribution in [2.24, 2.45) is 4.99 Å². The van der Waals surface area contributed by atoms with Crippen LogP contribution in [0, 0.1) is 6.92 Å². The zero-order chi connectivity index (χ0) is 9.80. The van der Waals surface area contributed by atoms with Gasteiger partial charge in [-0.15, -0.1) is 0 Å². The molecule has 1 aliphatic rings. The molecule has 2 nitrogen and oxygen atoms in total. The van der Waals surface area contributed by atoms with Gasteiger partial charge in [0.2, 0.25) is 0 Å². The van der Waals surface area contributed by atoms with Gasteiger partial charge in [-0.2, -0.15) is 0 Å². The number of nitrogens with one attached hydrogen (secondary N) is 1. The summed E-state index contributed by atoms with van der Waals surface area (Å²) in [5.74, 6) is 1.17. The standard InChI is InChI=1S/C12H16N2/c1-10-4-2-3-5-11(10)6-7-12-13-8-9-14-12/h2-5H,6-9H2,1H3,(H,13,14)/i1-1. The molecule has 0 amide bonds. The number of benzene rings is 1. The van der Waals surface area contributed by atoms with Crippen LogP contribution in [0.25, 0.3) is 0 Å². The van der Waals surface area contributed by atoms with E-state index in [1.54, 1.807) is 0 Å². The molecule has 1 aromatic rings. The van der Waals surface area contributed by atoms with E-state index < -0.39 is 0 Å². The Morgan fingerprint density at radius 2 is 2.14 bits per heavy atom. The molecule has 14 heavy (non-hydrogen) atoms. The van der Waals surface area contributed by atoms with E-state index in [-0.39, 0.29) is 0 Å². The number of aryl methyl sites for hydroxylation is 2. The van der Waals surface area contributed by atoms with Gasteiger partial charge in [-0.1, -0.05) is 24.3 Å². The van der Waals surface area contributed by atoms with Crippen LogP contribution in [0.15, 0.2) is 29.3 Å². The molecule has 0 unspecified atom stereocenters. The Morgan fingerprint density at radius 1 is 1.29 bits per heavy atom. The van der Waals surface area contributed by atoms with Crippen molar-refractivity contribution in [3.8, 4) is 0 Å². The van der Waals surface area contributed by atoms with E-state index in [4.69, 9.17) is 0 Å². The first-order valence-corrected chi connectivity index (χ1v) is 5.18. The molecule has 0 fully saturated rings. The van der Waals surface area contributed by atoms with E-state index in [1.165, 1.54) is 17.0 Å². The van der Waals surface area contributed by atoms with Gasteiger partial charge >= 0.3 is 0 Å². The number of rotatable bonds is 3. The molecular formula is C12H16N2. The van der Waals surface area contributed by atoms with Crippen LogP contribution in [0.2, 0.25) is 0 Å². The van der Waals surface area contributed by atoms with Crippen molar-refractivity contribution >= 4 is 5.84 Å². The summed E-state index contributed by atoms with van der Waals surface area (Å²) in [5.41, 5.74) is 2.81. The Balaban J connectivity index is 1.94. The Hall–Kier alpha value is -1.31. The quantitative estimate of drug-likeness (QED) is 0.768. The van der Waals surface area contributed by atoms with Crippen molar-refractivity contribution in [1.82, 2.24) is 5.32 Å². The van der Waals surface area contributed by atoms with Crippen molar-refractivity contribution in [2.75, 3.05) is 13.1 Å². The van der Waals surface area contributed by atoms with E-state index >= 15 is 0 Å². The molecule has 0 saturated carbocycles. The van der Waals surface area contributed by atoms with Crippen molar-refractivity contribution < 1.29 is 0 Å². The average molecular weight is 187 g/mol. The van der Waals surface area contributed by atoms with Crippen molar-refractivity contribution in [1.29, 1.82) is 0 Å². The molecule has 0 aliphatic carbocycles. The molecule has 0 bridgehead atoms. The fourth-order valence-electron chi connectivity index (χ4n) is 1.76. The summed E-state index contributed by atoms with van der Waals surface area (Å²) in [7, 11) is 0. The monoisotopic (exact) mass is 187 g/mol. The first-order valence-electron chi connectivity index (χ1n) is 5.18. The number of aliphatic imine (C=N–C) groups is 1. The minimum Gasteiger partial charge on any atom is -0.372 e. The predicted octanol–water partition coefficient (Wildman–Crippen LogP) is 1.93. The second kappa shape index (κ2) is 4.27. The summed E-state index contributed by atoms with van der Waals surface area (Å²) in [4.78, 5) is 4.39. The summed E-state index contributed by atoms with van der Waals surface area (Å²) in [6, 6.07) is 8.56. The second-order valence-corrected chi connectivity index (χ2v) is 3.68. The second-order valence-electron chi connectivity index (χ2n) is 3.68. The van der Waals surface area contributed by atoms with E-state index in [9.17, 15) is 0 Å². The lowest BCUT2D eigenvalue weighted by Gasteiger charge is -2.05. The van der Waals surface area contributed by atoms with Crippen molar-refractivity contribution in [2.45, 2.75) is 19.8 Å². The first-order chi connectivity index (χ1) is 6.86. The topological polar surface area (TPSA) is 24.4 Å². The van der Waals surface area contributed by atoms with E-state index in [0.717, 1.165) is 25.9 Å². The number of nitrogens with zero attached hydrogens (tertiary/aromatic N) is 1. The third kappa shape index (κ3) is 2.13. The van der Waals surface area contributed by atoms with Gasteiger partial charge in [0.05, 0.1) is 12.4 Å². The maximum absolute atomic E-state index is 4.39. The fraction of sp³-hybridized carbons (Fsp3) is 0.417. The highest BCUT2D eigenvalue weighted by atomic mass is 15.1. The Morgan fingerprint density at radius 3 is 2.86 bits per heavy atom. The maximum Gasteiger partial charge on any atom is 0.0967 e. The normalized spacial score (nSPS) is 15.1. The summed E-state index contributed by atoms with van der Waals surface area (Å²) in [5, 5.41) is 3.30. The molecule has 0 atom stereocenters. The Labute approximate surface area is 85.1 Å². The molecule has 0 aromatic heterocycles. The summed E-state index contributed by atoms with van der Waals surface area (Å²) < 4.78 is 0. The van der Waals surface area contributed by atoms with Gasteiger partial charge in [-0.05, 0) is 24.5 Å². The summed E-state index contributed by atoms with van der Waals surface area (Å²) in [6.07, 6.45) is 2.14. The van der Waals surface area contributed by atoms with Gasteiger partial charge in [0.15, 0.2) is 0 Å². The SMILES string of the molecule is [11CH3]c1ccccc1CCC1=NCCN1. The van der Waals surface area contributed by atoms with E-state index in [1.807, 2.05) is 0 Å². The third-order valence-electron chi connectivity index (χ3n) is 2.64. The Kier molecular flexibility index (Phi) is 2.82. The highest BCUT2D eigenvalue weighted by molar-refractivity contribution is 5.83. The Bertz CT molecular complexity index is 342. The molecule has 0 saturated heterocycles.